The quantitative estimate of drug-likeness (QED) is 0.433. The normalized spacial score (nSPS) is 21.1. The monoisotopic (exact) mass is 427 g/mol. The van der Waals surface area contributed by atoms with Crippen molar-refractivity contribution in [2.24, 2.45) is 0 Å². The number of aromatic amines is 1. The van der Waals surface area contributed by atoms with Gasteiger partial charge in [-0.3, -0.25) is 10.1 Å². The fraction of sp³-hybridized carbons (Fsp3) is 0.375. The summed E-state index contributed by atoms with van der Waals surface area (Å²) in [6.45, 7) is 4.97. The summed E-state index contributed by atoms with van der Waals surface area (Å²) in [5.74, 6) is -0.567. The highest BCUT2D eigenvalue weighted by Gasteiger charge is 2.48. The van der Waals surface area contributed by atoms with Crippen molar-refractivity contribution in [3.63, 3.8) is 0 Å². The number of alkyl halides is 1. The van der Waals surface area contributed by atoms with Crippen molar-refractivity contribution in [2.75, 3.05) is 12.4 Å². The molecule has 30 heavy (non-hydrogen) atoms. The van der Waals surface area contributed by atoms with Crippen molar-refractivity contribution < 1.29 is 9.18 Å². The summed E-state index contributed by atoms with van der Waals surface area (Å²) in [6, 6.07) is 14.6. The van der Waals surface area contributed by atoms with E-state index in [1.807, 2.05) is 30.0 Å². The Labute approximate surface area is 181 Å². The van der Waals surface area contributed by atoms with Gasteiger partial charge in [0, 0.05) is 23.0 Å². The van der Waals surface area contributed by atoms with Crippen LogP contribution in [0.1, 0.15) is 43.5 Å². The van der Waals surface area contributed by atoms with Crippen LogP contribution in [0, 0.1) is 5.82 Å². The Morgan fingerprint density at radius 3 is 2.70 bits per heavy atom. The summed E-state index contributed by atoms with van der Waals surface area (Å²) in [6.07, 6.45) is 2.57. The number of hydrogen-bond donors (Lipinski definition) is 2. The van der Waals surface area contributed by atoms with Gasteiger partial charge in [-0.05, 0) is 49.2 Å². The van der Waals surface area contributed by atoms with E-state index in [0.29, 0.717) is 6.42 Å². The van der Waals surface area contributed by atoms with E-state index < -0.39 is 5.54 Å². The number of rotatable bonds is 6. The van der Waals surface area contributed by atoms with Crippen LogP contribution >= 0.6 is 11.6 Å². The highest BCUT2D eigenvalue weighted by atomic mass is 35.5. The van der Waals surface area contributed by atoms with Crippen LogP contribution in [0.5, 0.6) is 0 Å². The van der Waals surface area contributed by atoms with Crippen LogP contribution in [-0.2, 0) is 16.8 Å². The SMILES string of the molecule is CCCCNC1Cc2c([nH]c3ccccc23)C(C)(c2ccc(F)cc2)N1C(=O)CCl. The number of nitrogens with zero attached hydrogens (tertiary/aromatic N) is 1. The Bertz CT molecular complexity index is 1050. The highest BCUT2D eigenvalue weighted by molar-refractivity contribution is 6.27. The average molecular weight is 428 g/mol. The molecule has 0 saturated carbocycles. The molecule has 1 aliphatic heterocycles. The molecule has 1 aromatic heterocycles. The number of unbranched alkanes of at least 4 members (excludes halogenated alkanes) is 1. The molecule has 6 heteroatoms. The Hall–Kier alpha value is -2.37. The number of carbonyl (C=O) groups excluding carboxylic acids is 1. The van der Waals surface area contributed by atoms with Crippen molar-refractivity contribution in [3.8, 4) is 0 Å². The Balaban J connectivity index is 1.94. The number of para-hydroxylation sites is 1. The summed E-state index contributed by atoms with van der Waals surface area (Å²) in [5, 5.41) is 4.73. The molecule has 1 amide bonds. The molecule has 0 saturated heterocycles. The third-order valence-corrected chi connectivity index (χ3v) is 6.42. The summed E-state index contributed by atoms with van der Waals surface area (Å²) in [7, 11) is 0. The van der Waals surface area contributed by atoms with Crippen molar-refractivity contribution in [1.82, 2.24) is 15.2 Å². The predicted molar refractivity (Wildman–Crippen MR) is 119 cm³/mol. The van der Waals surface area contributed by atoms with Gasteiger partial charge in [-0.2, -0.15) is 0 Å². The van der Waals surface area contributed by atoms with E-state index in [9.17, 15) is 9.18 Å². The van der Waals surface area contributed by atoms with Crippen molar-refractivity contribution >= 4 is 28.4 Å². The zero-order valence-corrected chi connectivity index (χ0v) is 18.1. The number of benzene rings is 2. The standard InChI is InChI=1S/C24H27ClFN3O/c1-3-4-13-27-21-14-19-18-7-5-6-8-20(18)28-23(19)24(2,29(21)22(30)15-25)16-9-11-17(26)12-10-16/h5-12,21,27-28H,3-4,13-15H2,1-2H3. The number of aromatic nitrogens is 1. The molecule has 4 rings (SSSR count). The molecule has 0 fully saturated rings. The number of nitrogens with one attached hydrogen (secondary N) is 2. The summed E-state index contributed by atoms with van der Waals surface area (Å²) in [5.41, 5.74) is 3.21. The molecule has 0 spiro atoms. The zero-order chi connectivity index (χ0) is 21.3. The van der Waals surface area contributed by atoms with Crippen LogP contribution in [0.2, 0.25) is 0 Å². The number of carbonyl (C=O) groups is 1. The topological polar surface area (TPSA) is 48.1 Å². The molecular weight excluding hydrogens is 401 g/mol. The number of fused-ring (bicyclic) bond motifs is 3. The highest BCUT2D eigenvalue weighted by Crippen LogP contribution is 2.45. The predicted octanol–water partition coefficient (Wildman–Crippen LogP) is 4.91. The van der Waals surface area contributed by atoms with E-state index in [0.717, 1.165) is 41.5 Å². The first-order valence-electron chi connectivity index (χ1n) is 10.5. The molecule has 2 heterocycles. The van der Waals surface area contributed by atoms with Gasteiger partial charge in [0.25, 0.3) is 0 Å². The van der Waals surface area contributed by atoms with E-state index >= 15 is 0 Å². The second-order valence-corrected chi connectivity index (χ2v) is 8.30. The van der Waals surface area contributed by atoms with Crippen molar-refractivity contribution in [2.45, 2.75) is 44.8 Å². The van der Waals surface area contributed by atoms with E-state index in [1.165, 1.54) is 17.7 Å². The third-order valence-electron chi connectivity index (χ3n) is 6.19. The van der Waals surface area contributed by atoms with Crippen LogP contribution in [0.3, 0.4) is 0 Å². The van der Waals surface area contributed by atoms with E-state index in [1.54, 1.807) is 12.1 Å². The molecule has 2 unspecified atom stereocenters. The second-order valence-electron chi connectivity index (χ2n) is 8.03. The lowest BCUT2D eigenvalue weighted by Gasteiger charge is -2.49. The van der Waals surface area contributed by atoms with Crippen LogP contribution < -0.4 is 5.32 Å². The molecule has 1 aliphatic rings. The van der Waals surface area contributed by atoms with Gasteiger partial charge in [-0.25, -0.2) is 4.39 Å². The van der Waals surface area contributed by atoms with Crippen LogP contribution in [0.15, 0.2) is 48.5 Å². The van der Waals surface area contributed by atoms with Gasteiger partial charge in [-0.15, -0.1) is 11.6 Å². The number of H-pyrrole nitrogens is 1. The minimum Gasteiger partial charge on any atom is -0.356 e. The largest absolute Gasteiger partial charge is 0.356 e. The zero-order valence-electron chi connectivity index (χ0n) is 17.3. The van der Waals surface area contributed by atoms with Gasteiger partial charge in [-0.1, -0.05) is 43.7 Å². The first-order valence-corrected chi connectivity index (χ1v) is 11.0. The first-order chi connectivity index (χ1) is 14.5. The van der Waals surface area contributed by atoms with Gasteiger partial charge >= 0.3 is 0 Å². The molecule has 158 valence electrons. The van der Waals surface area contributed by atoms with E-state index in [2.05, 4.69) is 23.3 Å². The summed E-state index contributed by atoms with van der Waals surface area (Å²) in [4.78, 5) is 18.6. The maximum Gasteiger partial charge on any atom is 0.239 e. The Morgan fingerprint density at radius 1 is 1.27 bits per heavy atom. The van der Waals surface area contributed by atoms with Crippen molar-refractivity contribution in [1.29, 1.82) is 0 Å². The molecule has 3 aromatic rings. The van der Waals surface area contributed by atoms with E-state index in [4.69, 9.17) is 11.6 Å². The van der Waals surface area contributed by atoms with Gasteiger partial charge < -0.3 is 9.88 Å². The van der Waals surface area contributed by atoms with Crippen LogP contribution in [0.25, 0.3) is 10.9 Å². The van der Waals surface area contributed by atoms with Crippen molar-refractivity contribution in [3.05, 3.63) is 71.2 Å². The lowest BCUT2D eigenvalue weighted by molar-refractivity contribution is -0.138. The molecule has 0 aliphatic carbocycles. The second kappa shape index (κ2) is 8.40. The molecule has 0 radical (unpaired) electrons. The lowest BCUT2D eigenvalue weighted by Crippen LogP contribution is -2.62. The van der Waals surface area contributed by atoms with Gasteiger partial charge in [0.05, 0.1) is 6.17 Å². The van der Waals surface area contributed by atoms with Crippen LogP contribution in [0.4, 0.5) is 4.39 Å². The van der Waals surface area contributed by atoms with Gasteiger partial charge in [0.15, 0.2) is 0 Å². The van der Waals surface area contributed by atoms with Gasteiger partial charge in [0.1, 0.15) is 17.2 Å². The summed E-state index contributed by atoms with van der Waals surface area (Å²) >= 11 is 6.07. The Kier molecular flexibility index (Phi) is 5.85. The minimum atomic E-state index is -0.809. The fourth-order valence-corrected chi connectivity index (χ4v) is 4.83. The third kappa shape index (κ3) is 3.40. The maximum absolute atomic E-state index is 13.7. The molecule has 2 atom stereocenters. The number of amides is 1. The van der Waals surface area contributed by atoms with Gasteiger partial charge in [0.2, 0.25) is 5.91 Å². The maximum atomic E-state index is 13.7. The Morgan fingerprint density at radius 2 is 2.00 bits per heavy atom. The molecule has 2 N–H and O–H groups in total. The lowest BCUT2D eigenvalue weighted by atomic mass is 9.79. The summed E-state index contributed by atoms with van der Waals surface area (Å²) < 4.78 is 13.7. The fourth-order valence-electron chi connectivity index (χ4n) is 4.70. The smallest absolute Gasteiger partial charge is 0.239 e. The molecule has 0 bridgehead atoms. The first kappa shape index (κ1) is 20.9. The average Bonchev–Trinajstić information content (AvgIpc) is 3.13. The van der Waals surface area contributed by atoms with Crippen LogP contribution in [-0.4, -0.2) is 34.4 Å². The molecular formula is C24H27ClFN3O. The molecule has 2 aromatic carbocycles. The minimum absolute atomic E-state index is 0.113. The number of hydrogen-bond acceptors (Lipinski definition) is 2. The van der Waals surface area contributed by atoms with E-state index in [-0.39, 0.29) is 23.8 Å². The number of halogens is 2. The molecule has 4 nitrogen and oxygen atoms in total.